The predicted octanol–water partition coefficient (Wildman–Crippen LogP) is 4.16. The number of aromatic nitrogens is 2. The molecular weight excluding hydrogens is 394 g/mol. The second-order valence-electron chi connectivity index (χ2n) is 6.59. The van der Waals surface area contributed by atoms with Crippen molar-refractivity contribution in [3.8, 4) is 5.69 Å². The van der Waals surface area contributed by atoms with E-state index in [1.807, 2.05) is 18.2 Å². The molecule has 1 aliphatic heterocycles. The summed E-state index contributed by atoms with van der Waals surface area (Å²) < 4.78 is 1.58. The molecule has 5 nitrogen and oxygen atoms in total. The summed E-state index contributed by atoms with van der Waals surface area (Å²) in [5.41, 5.74) is 1.95. The molecule has 0 bridgehead atoms. The molecule has 142 valence electrons. The Morgan fingerprint density at radius 1 is 1.21 bits per heavy atom. The molecule has 1 aromatic heterocycles. The number of carbonyl (C=O) groups is 1. The number of amides is 1. The number of thioether (sulfide) groups is 1. The van der Waals surface area contributed by atoms with Crippen LogP contribution >= 0.6 is 23.4 Å². The summed E-state index contributed by atoms with van der Waals surface area (Å²) in [6.07, 6.45) is 0.810. The molecular formula is C21H18ClN3O2S. The Morgan fingerprint density at radius 3 is 2.75 bits per heavy atom. The third-order valence-corrected chi connectivity index (χ3v) is 6.03. The molecule has 7 heteroatoms. The molecule has 1 atom stereocenters. The summed E-state index contributed by atoms with van der Waals surface area (Å²) in [5, 5.41) is 7.93. The van der Waals surface area contributed by atoms with Crippen LogP contribution in [0.2, 0.25) is 5.02 Å². The third-order valence-electron chi connectivity index (χ3n) is 4.66. The summed E-state index contributed by atoms with van der Waals surface area (Å²) in [4.78, 5) is 26.5. The van der Waals surface area contributed by atoms with E-state index in [2.05, 4.69) is 16.5 Å². The van der Waals surface area contributed by atoms with E-state index in [0.717, 1.165) is 28.3 Å². The summed E-state index contributed by atoms with van der Waals surface area (Å²) in [7, 11) is 0. The van der Waals surface area contributed by atoms with Crippen molar-refractivity contribution in [3.63, 3.8) is 0 Å². The average Bonchev–Trinajstić information content (AvgIpc) is 2.69. The van der Waals surface area contributed by atoms with Gasteiger partial charge >= 0.3 is 0 Å². The highest BCUT2D eigenvalue weighted by atomic mass is 35.5. The van der Waals surface area contributed by atoms with Crippen LogP contribution in [0.1, 0.15) is 34.2 Å². The SMILES string of the molecule is Cc1cc(=O)c(C(=O)NC2CCSc3ccccc32)nn1-c1ccc(Cl)cc1. The quantitative estimate of drug-likeness (QED) is 0.702. The smallest absolute Gasteiger partial charge is 0.276 e. The van der Waals surface area contributed by atoms with E-state index in [1.54, 1.807) is 47.6 Å². The standard InChI is InChI=1S/C21H18ClN3O2S/c1-13-12-18(26)20(24-25(13)15-8-6-14(22)7-9-15)21(27)23-17-10-11-28-19-5-3-2-4-16(17)19/h2-9,12,17H,10-11H2,1H3,(H,23,27). The number of benzene rings is 2. The van der Waals surface area contributed by atoms with Gasteiger partial charge in [-0.15, -0.1) is 11.8 Å². The zero-order valence-corrected chi connectivity index (χ0v) is 16.8. The molecule has 2 heterocycles. The van der Waals surface area contributed by atoms with Gasteiger partial charge in [-0.3, -0.25) is 9.59 Å². The van der Waals surface area contributed by atoms with E-state index in [0.29, 0.717) is 10.7 Å². The van der Waals surface area contributed by atoms with Gasteiger partial charge in [0.25, 0.3) is 5.91 Å². The van der Waals surface area contributed by atoms with Crippen LogP contribution in [-0.2, 0) is 0 Å². The number of hydrogen-bond acceptors (Lipinski definition) is 4. The number of aryl methyl sites for hydroxylation is 1. The lowest BCUT2D eigenvalue weighted by Gasteiger charge is -2.25. The highest BCUT2D eigenvalue weighted by molar-refractivity contribution is 7.99. The van der Waals surface area contributed by atoms with Crippen molar-refractivity contribution in [3.05, 3.63) is 86.8 Å². The van der Waals surface area contributed by atoms with Crippen LogP contribution in [0.25, 0.3) is 5.69 Å². The predicted molar refractivity (Wildman–Crippen MR) is 112 cm³/mol. The molecule has 3 aromatic rings. The highest BCUT2D eigenvalue weighted by Gasteiger charge is 2.24. The summed E-state index contributed by atoms with van der Waals surface area (Å²) >= 11 is 7.73. The first-order valence-electron chi connectivity index (χ1n) is 8.92. The van der Waals surface area contributed by atoms with Gasteiger partial charge < -0.3 is 5.32 Å². The normalized spacial score (nSPS) is 15.7. The van der Waals surface area contributed by atoms with Gasteiger partial charge in [0.05, 0.1) is 11.7 Å². The van der Waals surface area contributed by atoms with Crippen molar-refractivity contribution >= 4 is 29.3 Å². The minimum absolute atomic E-state index is 0.115. The van der Waals surface area contributed by atoms with Gasteiger partial charge in [-0.2, -0.15) is 5.10 Å². The molecule has 4 rings (SSSR count). The molecule has 2 aromatic carbocycles. The Bertz CT molecular complexity index is 1100. The average molecular weight is 412 g/mol. The van der Waals surface area contributed by atoms with Crippen LogP contribution < -0.4 is 10.7 Å². The fourth-order valence-electron chi connectivity index (χ4n) is 3.27. The number of rotatable bonds is 3. The van der Waals surface area contributed by atoms with Crippen LogP contribution in [0.5, 0.6) is 0 Å². The van der Waals surface area contributed by atoms with Crippen LogP contribution in [-0.4, -0.2) is 21.4 Å². The first-order chi connectivity index (χ1) is 13.5. The monoisotopic (exact) mass is 411 g/mol. The number of carbonyl (C=O) groups excluding carboxylic acids is 1. The summed E-state index contributed by atoms with van der Waals surface area (Å²) in [6.45, 7) is 1.78. The largest absolute Gasteiger partial charge is 0.344 e. The number of halogens is 1. The Labute approximate surface area is 171 Å². The fraction of sp³-hybridized carbons (Fsp3) is 0.190. The molecule has 0 saturated carbocycles. The highest BCUT2D eigenvalue weighted by Crippen LogP contribution is 2.35. The maximum Gasteiger partial charge on any atom is 0.276 e. The topological polar surface area (TPSA) is 64.0 Å². The molecule has 0 aliphatic carbocycles. The molecule has 0 saturated heterocycles. The van der Waals surface area contributed by atoms with Crippen molar-refractivity contribution in [1.82, 2.24) is 15.1 Å². The van der Waals surface area contributed by atoms with E-state index in [4.69, 9.17) is 11.6 Å². The second kappa shape index (κ2) is 7.81. The minimum Gasteiger partial charge on any atom is -0.344 e. The lowest BCUT2D eigenvalue weighted by atomic mass is 10.0. The van der Waals surface area contributed by atoms with Gasteiger partial charge in [-0.1, -0.05) is 29.8 Å². The van der Waals surface area contributed by atoms with Crippen molar-refractivity contribution in [2.75, 3.05) is 5.75 Å². The Kier molecular flexibility index (Phi) is 5.24. The van der Waals surface area contributed by atoms with Gasteiger partial charge in [0, 0.05) is 27.4 Å². The van der Waals surface area contributed by atoms with Gasteiger partial charge in [0.15, 0.2) is 5.69 Å². The molecule has 1 N–H and O–H groups in total. The number of nitrogens with one attached hydrogen (secondary N) is 1. The van der Waals surface area contributed by atoms with Crippen LogP contribution in [0, 0.1) is 6.92 Å². The van der Waals surface area contributed by atoms with Crippen LogP contribution in [0.15, 0.2) is 64.3 Å². The minimum atomic E-state index is -0.459. The Balaban J connectivity index is 1.66. The Morgan fingerprint density at radius 2 is 1.96 bits per heavy atom. The van der Waals surface area contributed by atoms with E-state index >= 15 is 0 Å². The van der Waals surface area contributed by atoms with Crippen molar-refractivity contribution in [1.29, 1.82) is 0 Å². The molecule has 0 radical (unpaired) electrons. The van der Waals surface area contributed by atoms with Crippen molar-refractivity contribution in [2.45, 2.75) is 24.3 Å². The van der Waals surface area contributed by atoms with E-state index < -0.39 is 11.3 Å². The van der Waals surface area contributed by atoms with Crippen LogP contribution in [0.4, 0.5) is 0 Å². The van der Waals surface area contributed by atoms with Crippen LogP contribution in [0.3, 0.4) is 0 Å². The maximum absolute atomic E-state index is 12.9. The van der Waals surface area contributed by atoms with Gasteiger partial charge in [0.1, 0.15) is 0 Å². The first kappa shape index (κ1) is 18.8. The van der Waals surface area contributed by atoms with Gasteiger partial charge in [-0.25, -0.2) is 4.68 Å². The molecule has 0 spiro atoms. The fourth-order valence-corrected chi connectivity index (χ4v) is 4.52. The van der Waals surface area contributed by atoms with Crippen molar-refractivity contribution in [2.24, 2.45) is 0 Å². The third kappa shape index (κ3) is 3.70. The van der Waals surface area contributed by atoms with Gasteiger partial charge in [0.2, 0.25) is 5.43 Å². The summed E-state index contributed by atoms with van der Waals surface area (Å²) in [5.74, 6) is 0.456. The number of nitrogens with zero attached hydrogens (tertiary/aromatic N) is 2. The molecule has 0 fully saturated rings. The first-order valence-corrected chi connectivity index (χ1v) is 10.3. The van der Waals surface area contributed by atoms with Gasteiger partial charge in [-0.05, 0) is 49.2 Å². The zero-order valence-electron chi connectivity index (χ0n) is 15.2. The lowest BCUT2D eigenvalue weighted by Crippen LogP contribution is -2.35. The Hall–Kier alpha value is -2.57. The van der Waals surface area contributed by atoms with E-state index in [-0.39, 0.29) is 11.7 Å². The zero-order chi connectivity index (χ0) is 19.7. The molecule has 1 unspecified atom stereocenters. The lowest BCUT2D eigenvalue weighted by molar-refractivity contribution is 0.0927. The van der Waals surface area contributed by atoms with E-state index in [9.17, 15) is 9.59 Å². The number of hydrogen-bond donors (Lipinski definition) is 1. The van der Waals surface area contributed by atoms with E-state index in [1.165, 1.54) is 6.07 Å². The second-order valence-corrected chi connectivity index (χ2v) is 8.16. The molecule has 28 heavy (non-hydrogen) atoms. The maximum atomic E-state index is 12.9. The number of fused-ring (bicyclic) bond motifs is 1. The summed E-state index contributed by atoms with van der Waals surface area (Å²) in [6, 6.07) is 16.4. The molecule has 1 amide bonds. The molecule has 1 aliphatic rings. The van der Waals surface area contributed by atoms with Crippen molar-refractivity contribution < 1.29 is 4.79 Å².